The molecule has 1 nitrogen and oxygen atoms in total. The van der Waals surface area contributed by atoms with E-state index in [1.807, 2.05) is 0 Å². The minimum Gasteiger partial charge on any atom is -0.311 e. The molecule has 0 aromatic heterocycles. The van der Waals surface area contributed by atoms with E-state index in [9.17, 15) is 0 Å². The normalized spacial score (nSPS) is 13.4. The summed E-state index contributed by atoms with van der Waals surface area (Å²) >= 11 is 0. The van der Waals surface area contributed by atoms with Gasteiger partial charge in [0.15, 0.2) is 0 Å². The fourth-order valence-corrected chi connectivity index (χ4v) is 7.68. The van der Waals surface area contributed by atoms with Gasteiger partial charge in [0.1, 0.15) is 0 Å². The van der Waals surface area contributed by atoms with Crippen LogP contribution in [0.4, 0.5) is 17.1 Å². The molecule has 6 rings (SSSR count). The van der Waals surface area contributed by atoms with Crippen LogP contribution in [-0.4, -0.2) is 0 Å². The molecule has 1 heteroatoms. The Hall–Kier alpha value is -4.62. The summed E-state index contributed by atoms with van der Waals surface area (Å²) < 4.78 is 0. The Morgan fingerprint density at radius 1 is 0.604 bits per heavy atom. The van der Waals surface area contributed by atoms with Gasteiger partial charge in [0.25, 0.3) is 0 Å². The van der Waals surface area contributed by atoms with E-state index in [0.717, 1.165) is 50.6 Å². The number of unbranched alkanes of at least 4 members (excludes halogenated alkanes) is 2. The Labute approximate surface area is 289 Å². The maximum Gasteiger partial charge on any atom is 0.0462 e. The smallest absolute Gasteiger partial charge is 0.0462 e. The van der Waals surface area contributed by atoms with Gasteiger partial charge in [0, 0.05) is 22.5 Å². The molecule has 0 heterocycles. The van der Waals surface area contributed by atoms with Crippen molar-refractivity contribution in [3.63, 3.8) is 0 Å². The van der Waals surface area contributed by atoms with E-state index in [1.165, 1.54) is 61.4 Å². The molecule has 0 fully saturated rings. The summed E-state index contributed by atoms with van der Waals surface area (Å²) in [7, 11) is 0. The first-order chi connectivity index (χ1) is 23.4. The molecule has 5 aromatic rings. The summed E-state index contributed by atoms with van der Waals surface area (Å²) in [5, 5.41) is 0. The number of rotatable bonds is 14. The minimum atomic E-state index is 0.00231. The van der Waals surface area contributed by atoms with Gasteiger partial charge < -0.3 is 4.90 Å². The molecule has 0 bridgehead atoms. The zero-order valence-corrected chi connectivity index (χ0v) is 29.4. The Bertz CT molecular complexity index is 1840. The van der Waals surface area contributed by atoms with Crippen LogP contribution in [-0.2, 0) is 5.41 Å². The molecule has 0 radical (unpaired) electrons. The highest BCUT2D eigenvalue weighted by atomic mass is 15.1. The maximum absolute atomic E-state index is 4.04. The van der Waals surface area contributed by atoms with Crippen molar-refractivity contribution in [3.8, 4) is 22.3 Å². The van der Waals surface area contributed by atoms with Crippen molar-refractivity contribution in [2.24, 2.45) is 0 Å². The van der Waals surface area contributed by atoms with Gasteiger partial charge in [-0.3, -0.25) is 0 Å². The van der Waals surface area contributed by atoms with Crippen LogP contribution in [0.1, 0.15) is 92.5 Å². The Morgan fingerprint density at radius 2 is 1.08 bits per heavy atom. The van der Waals surface area contributed by atoms with Crippen molar-refractivity contribution >= 4 is 17.1 Å². The minimum absolute atomic E-state index is 0.00231. The number of hydrogen-bond acceptors (Lipinski definition) is 1. The van der Waals surface area contributed by atoms with Gasteiger partial charge in [-0.25, -0.2) is 0 Å². The molecule has 0 saturated heterocycles. The summed E-state index contributed by atoms with van der Waals surface area (Å²) in [4.78, 5) is 2.37. The number of hydrogen-bond donors (Lipinski definition) is 0. The first kappa shape index (κ1) is 33.3. The summed E-state index contributed by atoms with van der Waals surface area (Å²) in [6, 6.07) is 41.4. The zero-order chi connectivity index (χ0) is 33.7. The van der Waals surface area contributed by atoms with Crippen molar-refractivity contribution in [2.75, 3.05) is 4.90 Å². The van der Waals surface area contributed by atoms with E-state index in [-0.39, 0.29) is 5.41 Å². The summed E-state index contributed by atoms with van der Waals surface area (Å²) in [6.07, 6.45) is 11.9. The van der Waals surface area contributed by atoms with Crippen LogP contribution in [0.25, 0.3) is 22.3 Å². The van der Waals surface area contributed by atoms with E-state index in [0.29, 0.717) is 5.92 Å². The monoisotopic (exact) mass is 629 g/mol. The Kier molecular flexibility index (Phi) is 10.2. The second-order valence-corrected chi connectivity index (χ2v) is 13.9. The first-order valence-electron chi connectivity index (χ1n) is 17.9. The number of anilines is 3. The number of nitrogens with zero attached hydrogens (tertiary/aromatic N) is 1. The van der Waals surface area contributed by atoms with Crippen molar-refractivity contribution in [1.82, 2.24) is 0 Å². The molecule has 5 aromatic carbocycles. The highest BCUT2D eigenvalue weighted by Crippen LogP contribution is 2.55. The van der Waals surface area contributed by atoms with Crippen LogP contribution in [0.3, 0.4) is 0 Å². The predicted octanol–water partition coefficient (Wildman–Crippen LogP) is 13.9. The lowest BCUT2D eigenvalue weighted by molar-refractivity contribution is 0.422. The molecular formula is C47H51N. The fraction of sp³-hybridized carbons (Fsp3) is 0.277. The third-order valence-corrected chi connectivity index (χ3v) is 10.6. The summed E-state index contributed by atoms with van der Waals surface area (Å²) in [6.45, 7) is 17.0. The molecule has 0 saturated carbocycles. The predicted molar refractivity (Wildman–Crippen MR) is 209 cm³/mol. The quantitative estimate of drug-likeness (QED) is 0.0872. The molecule has 0 amide bonds. The van der Waals surface area contributed by atoms with Gasteiger partial charge in [-0.1, -0.05) is 104 Å². The average molecular weight is 630 g/mol. The van der Waals surface area contributed by atoms with Crippen LogP contribution >= 0.6 is 0 Å². The van der Waals surface area contributed by atoms with E-state index in [4.69, 9.17) is 0 Å². The van der Waals surface area contributed by atoms with Gasteiger partial charge in [-0.15, -0.1) is 13.2 Å². The van der Waals surface area contributed by atoms with Gasteiger partial charge in [-0.2, -0.15) is 0 Å². The van der Waals surface area contributed by atoms with Crippen LogP contribution in [0.15, 0.2) is 135 Å². The number of allylic oxidation sites excluding steroid dienone is 2. The lowest BCUT2D eigenvalue weighted by Gasteiger charge is -2.33. The SMILES string of the molecule is C=CCCCC1(CCCC=C)c2cc(C)ccc2-c2ccc(-c3ccc(N(c4ccc(C)cc4)c4ccc(C(C)CC)cc4)cc3)cc21. The van der Waals surface area contributed by atoms with Crippen molar-refractivity contribution in [1.29, 1.82) is 0 Å². The van der Waals surface area contributed by atoms with Crippen molar-refractivity contribution < 1.29 is 0 Å². The molecule has 1 atom stereocenters. The number of aryl methyl sites for hydroxylation is 2. The lowest BCUT2D eigenvalue weighted by atomic mass is 9.70. The molecule has 0 N–H and O–H groups in total. The molecule has 1 unspecified atom stereocenters. The molecule has 48 heavy (non-hydrogen) atoms. The van der Waals surface area contributed by atoms with Crippen LogP contribution < -0.4 is 4.90 Å². The van der Waals surface area contributed by atoms with E-state index in [1.54, 1.807) is 0 Å². The Morgan fingerprint density at radius 3 is 1.65 bits per heavy atom. The van der Waals surface area contributed by atoms with E-state index < -0.39 is 0 Å². The molecular weight excluding hydrogens is 579 g/mol. The average Bonchev–Trinajstić information content (AvgIpc) is 3.37. The topological polar surface area (TPSA) is 3.24 Å². The second-order valence-electron chi connectivity index (χ2n) is 13.9. The third-order valence-electron chi connectivity index (χ3n) is 10.6. The van der Waals surface area contributed by atoms with Crippen LogP contribution in [0.2, 0.25) is 0 Å². The van der Waals surface area contributed by atoms with Crippen molar-refractivity contribution in [3.05, 3.63) is 162 Å². The molecule has 0 aliphatic heterocycles. The molecule has 1 aliphatic rings. The van der Waals surface area contributed by atoms with Gasteiger partial charge in [-0.05, 0) is 146 Å². The third kappa shape index (κ3) is 6.56. The zero-order valence-electron chi connectivity index (χ0n) is 29.4. The van der Waals surface area contributed by atoms with Gasteiger partial charge >= 0.3 is 0 Å². The highest BCUT2D eigenvalue weighted by Gasteiger charge is 2.42. The molecule has 244 valence electrons. The van der Waals surface area contributed by atoms with Gasteiger partial charge in [0.05, 0.1) is 0 Å². The number of fused-ring (bicyclic) bond motifs is 3. The standard InChI is InChI=1S/C47H51N/c1-7-10-12-30-47(31-13-11-8-2)45-32-35(5)16-28-43(45)44-29-21-39(33-46(44)47)38-19-26-42(27-20-38)48(40-22-14-34(4)15-23-40)41-24-17-37(18-25-41)36(6)9-3/h7-8,14-29,32-33,36H,1-2,9-13,30-31H2,3-6H3. The van der Waals surface area contributed by atoms with Gasteiger partial charge in [0.2, 0.25) is 0 Å². The van der Waals surface area contributed by atoms with E-state index in [2.05, 4.69) is 167 Å². The van der Waals surface area contributed by atoms with E-state index >= 15 is 0 Å². The highest BCUT2D eigenvalue weighted by molar-refractivity contribution is 5.85. The van der Waals surface area contributed by atoms with Crippen LogP contribution in [0.5, 0.6) is 0 Å². The second kappa shape index (κ2) is 14.7. The first-order valence-corrected chi connectivity index (χ1v) is 17.9. The largest absolute Gasteiger partial charge is 0.311 e. The maximum atomic E-state index is 4.04. The fourth-order valence-electron chi connectivity index (χ4n) is 7.68. The summed E-state index contributed by atoms with van der Waals surface area (Å²) in [5.74, 6) is 0.554. The molecule has 1 aliphatic carbocycles. The Balaban J connectivity index is 1.40. The number of benzene rings is 5. The molecule has 0 spiro atoms. The summed E-state index contributed by atoms with van der Waals surface area (Å²) in [5.41, 5.74) is 15.8. The lowest BCUT2D eigenvalue weighted by Crippen LogP contribution is -2.25. The van der Waals surface area contributed by atoms with Crippen LogP contribution in [0, 0.1) is 13.8 Å². The van der Waals surface area contributed by atoms with Crippen molar-refractivity contribution in [2.45, 2.75) is 84.0 Å².